The molecule has 1 heterocycles. The van der Waals surface area contributed by atoms with Crippen LogP contribution >= 0.6 is 0 Å². The van der Waals surface area contributed by atoms with Gasteiger partial charge in [-0.15, -0.1) is 0 Å². The Bertz CT molecular complexity index is 926. The van der Waals surface area contributed by atoms with E-state index in [2.05, 4.69) is 48.0 Å². The molecule has 3 rings (SSSR count). The fraction of sp³-hybridized carbons (Fsp3) is 0.391. The molecule has 148 valence electrons. The van der Waals surface area contributed by atoms with Crippen molar-refractivity contribution in [2.75, 3.05) is 13.2 Å². The second kappa shape index (κ2) is 9.40. The lowest BCUT2D eigenvalue weighted by Gasteiger charge is -2.12. The van der Waals surface area contributed by atoms with Crippen LogP contribution < -0.4 is 10.1 Å². The van der Waals surface area contributed by atoms with E-state index in [0.717, 1.165) is 42.0 Å². The Labute approximate surface area is 166 Å². The van der Waals surface area contributed by atoms with Gasteiger partial charge in [-0.2, -0.15) is 0 Å². The number of ether oxygens (including phenoxy) is 1. The quantitative estimate of drug-likeness (QED) is 0.567. The zero-order chi connectivity index (χ0) is 19.9. The highest BCUT2D eigenvalue weighted by atomic mass is 16.5. The van der Waals surface area contributed by atoms with Crippen molar-refractivity contribution in [2.45, 2.75) is 46.6 Å². The van der Waals surface area contributed by atoms with E-state index in [-0.39, 0.29) is 5.91 Å². The van der Waals surface area contributed by atoms with Crippen LogP contribution in [-0.4, -0.2) is 28.6 Å². The predicted octanol–water partition coefficient (Wildman–Crippen LogP) is 4.19. The number of rotatable bonds is 9. The van der Waals surface area contributed by atoms with Gasteiger partial charge >= 0.3 is 0 Å². The highest BCUT2D eigenvalue weighted by molar-refractivity contribution is 5.76. The maximum atomic E-state index is 11.4. The van der Waals surface area contributed by atoms with Crippen LogP contribution in [0.15, 0.2) is 42.5 Å². The lowest BCUT2D eigenvalue weighted by atomic mass is 10.1. The number of nitrogens with one attached hydrogen (secondary N) is 1. The van der Waals surface area contributed by atoms with Crippen molar-refractivity contribution in [3.63, 3.8) is 0 Å². The van der Waals surface area contributed by atoms with Gasteiger partial charge in [-0.3, -0.25) is 4.79 Å². The summed E-state index contributed by atoms with van der Waals surface area (Å²) in [5, 5.41) is 2.93. The molecule has 0 aliphatic rings. The van der Waals surface area contributed by atoms with Gasteiger partial charge in [0.1, 0.15) is 18.2 Å². The van der Waals surface area contributed by atoms with Gasteiger partial charge in [0.05, 0.1) is 17.6 Å². The molecule has 0 saturated carbocycles. The summed E-state index contributed by atoms with van der Waals surface area (Å²) in [7, 11) is 0. The van der Waals surface area contributed by atoms with Crippen molar-refractivity contribution in [1.82, 2.24) is 14.9 Å². The monoisotopic (exact) mass is 379 g/mol. The first-order valence-electron chi connectivity index (χ1n) is 9.98. The molecule has 1 amide bonds. The number of nitrogens with zero attached hydrogens (tertiary/aromatic N) is 2. The van der Waals surface area contributed by atoms with Gasteiger partial charge in [0.25, 0.3) is 0 Å². The lowest BCUT2D eigenvalue weighted by Crippen LogP contribution is -2.23. The fourth-order valence-electron chi connectivity index (χ4n) is 3.44. The van der Waals surface area contributed by atoms with Crippen molar-refractivity contribution in [3.8, 4) is 5.75 Å². The molecule has 3 aromatic rings. The average Bonchev–Trinajstić information content (AvgIpc) is 3.02. The standard InChI is InChI=1S/C23H29N3O2/c1-4-23(27)24-11-7-10-22-25-20-8-5-6-9-21(20)26(22)12-13-28-19-15-17(2)14-18(3)16-19/h5-6,8-9,14-16H,4,7,10-13H2,1-3H3,(H,24,27). The predicted molar refractivity (Wildman–Crippen MR) is 113 cm³/mol. The summed E-state index contributed by atoms with van der Waals surface area (Å²) in [6.07, 6.45) is 2.21. The second-order valence-electron chi connectivity index (χ2n) is 7.15. The molecule has 0 atom stereocenters. The average molecular weight is 380 g/mol. The van der Waals surface area contributed by atoms with E-state index >= 15 is 0 Å². The Hall–Kier alpha value is -2.82. The summed E-state index contributed by atoms with van der Waals surface area (Å²) in [5.41, 5.74) is 4.54. The summed E-state index contributed by atoms with van der Waals surface area (Å²) >= 11 is 0. The number of carbonyl (C=O) groups excluding carboxylic acids is 1. The minimum atomic E-state index is 0.0929. The third-order valence-electron chi connectivity index (χ3n) is 4.73. The molecule has 0 unspecified atom stereocenters. The van der Waals surface area contributed by atoms with Crippen LogP contribution in [0.4, 0.5) is 0 Å². The number of para-hydroxylation sites is 2. The summed E-state index contributed by atoms with van der Waals surface area (Å²) in [5.74, 6) is 2.04. The van der Waals surface area contributed by atoms with Crippen molar-refractivity contribution >= 4 is 16.9 Å². The van der Waals surface area contributed by atoms with E-state index in [1.54, 1.807) is 0 Å². The van der Waals surface area contributed by atoms with Crippen molar-refractivity contribution in [3.05, 3.63) is 59.4 Å². The van der Waals surface area contributed by atoms with E-state index in [0.29, 0.717) is 19.6 Å². The van der Waals surface area contributed by atoms with Crippen LogP contribution in [0.1, 0.15) is 36.7 Å². The number of imidazole rings is 1. The number of hydrogen-bond donors (Lipinski definition) is 1. The maximum Gasteiger partial charge on any atom is 0.219 e. The van der Waals surface area contributed by atoms with E-state index in [9.17, 15) is 4.79 Å². The van der Waals surface area contributed by atoms with E-state index in [4.69, 9.17) is 9.72 Å². The minimum Gasteiger partial charge on any atom is -0.492 e. The molecule has 0 bridgehead atoms. The highest BCUT2D eigenvalue weighted by Crippen LogP contribution is 2.19. The molecule has 1 aromatic heterocycles. The first kappa shape index (κ1) is 19.9. The first-order valence-corrected chi connectivity index (χ1v) is 9.98. The number of hydrogen-bond acceptors (Lipinski definition) is 3. The molecule has 5 heteroatoms. The Balaban J connectivity index is 1.67. The van der Waals surface area contributed by atoms with Gasteiger partial charge in [-0.25, -0.2) is 4.98 Å². The van der Waals surface area contributed by atoms with E-state index in [1.807, 2.05) is 25.1 Å². The van der Waals surface area contributed by atoms with Gasteiger partial charge in [0.15, 0.2) is 0 Å². The summed E-state index contributed by atoms with van der Waals surface area (Å²) in [4.78, 5) is 16.2. The number of benzene rings is 2. The Kier molecular flexibility index (Phi) is 6.69. The smallest absolute Gasteiger partial charge is 0.219 e. The topological polar surface area (TPSA) is 56.2 Å². The summed E-state index contributed by atoms with van der Waals surface area (Å²) in [6, 6.07) is 14.5. The summed E-state index contributed by atoms with van der Waals surface area (Å²) < 4.78 is 8.25. The minimum absolute atomic E-state index is 0.0929. The molecule has 28 heavy (non-hydrogen) atoms. The van der Waals surface area contributed by atoms with Gasteiger partial charge in [-0.1, -0.05) is 25.1 Å². The van der Waals surface area contributed by atoms with Crippen LogP contribution in [0.25, 0.3) is 11.0 Å². The Morgan fingerprint density at radius 1 is 1.14 bits per heavy atom. The Morgan fingerprint density at radius 3 is 2.64 bits per heavy atom. The van der Waals surface area contributed by atoms with Crippen LogP contribution in [0.3, 0.4) is 0 Å². The van der Waals surface area contributed by atoms with Gasteiger partial charge in [0, 0.05) is 19.4 Å². The number of carbonyl (C=O) groups is 1. The third-order valence-corrected chi connectivity index (χ3v) is 4.73. The maximum absolute atomic E-state index is 11.4. The largest absolute Gasteiger partial charge is 0.492 e. The van der Waals surface area contributed by atoms with Crippen LogP contribution in [0, 0.1) is 13.8 Å². The number of aryl methyl sites for hydroxylation is 3. The van der Waals surface area contributed by atoms with E-state index in [1.165, 1.54) is 11.1 Å². The third kappa shape index (κ3) is 5.12. The molecule has 0 radical (unpaired) electrons. The lowest BCUT2D eigenvalue weighted by molar-refractivity contribution is -0.120. The van der Waals surface area contributed by atoms with Crippen molar-refractivity contribution in [1.29, 1.82) is 0 Å². The molecule has 2 aromatic carbocycles. The van der Waals surface area contributed by atoms with Gasteiger partial charge in [-0.05, 0) is 55.7 Å². The van der Waals surface area contributed by atoms with Gasteiger partial charge < -0.3 is 14.6 Å². The molecular formula is C23H29N3O2. The Morgan fingerprint density at radius 2 is 1.89 bits per heavy atom. The molecular weight excluding hydrogens is 350 g/mol. The molecule has 0 aliphatic carbocycles. The highest BCUT2D eigenvalue weighted by Gasteiger charge is 2.10. The van der Waals surface area contributed by atoms with Crippen molar-refractivity contribution < 1.29 is 9.53 Å². The van der Waals surface area contributed by atoms with E-state index < -0.39 is 0 Å². The van der Waals surface area contributed by atoms with Gasteiger partial charge in [0.2, 0.25) is 5.91 Å². The zero-order valence-corrected chi connectivity index (χ0v) is 17.0. The number of aromatic nitrogens is 2. The molecule has 0 spiro atoms. The normalized spacial score (nSPS) is 11.0. The number of amides is 1. The SMILES string of the molecule is CCC(=O)NCCCc1nc2ccccc2n1CCOc1cc(C)cc(C)c1. The molecule has 0 saturated heterocycles. The summed E-state index contributed by atoms with van der Waals surface area (Å²) in [6.45, 7) is 8.03. The fourth-order valence-corrected chi connectivity index (χ4v) is 3.44. The molecule has 0 aliphatic heterocycles. The molecule has 0 fully saturated rings. The van der Waals surface area contributed by atoms with Crippen molar-refractivity contribution in [2.24, 2.45) is 0 Å². The number of fused-ring (bicyclic) bond motifs is 1. The first-order chi connectivity index (χ1) is 13.6. The van der Waals surface area contributed by atoms with Crippen LogP contribution in [-0.2, 0) is 17.8 Å². The second-order valence-corrected chi connectivity index (χ2v) is 7.15. The zero-order valence-electron chi connectivity index (χ0n) is 17.0. The molecule has 1 N–H and O–H groups in total. The molecule has 5 nitrogen and oxygen atoms in total. The van der Waals surface area contributed by atoms with Crippen LogP contribution in [0.5, 0.6) is 5.75 Å². The van der Waals surface area contributed by atoms with Crippen LogP contribution in [0.2, 0.25) is 0 Å².